The Balaban J connectivity index is 2.53. The second kappa shape index (κ2) is 4.58. The molecule has 0 bridgehead atoms. The van der Waals surface area contributed by atoms with E-state index < -0.39 is 0 Å². The number of nitrogens with zero attached hydrogens (tertiary/aromatic N) is 2. The summed E-state index contributed by atoms with van der Waals surface area (Å²) >= 11 is 1.65. The minimum atomic E-state index is 0.569. The third-order valence-electron chi connectivity index (χ3n) is 2.06. The molecule has 13 heavy (non-hydrogen) atoms. The minimum Gasteiger partial charge on any atom is -0.365 e. The van der Waals surface area contributed by atoms with Gasteiger partial charge < -0.3 is 5.32 Å². The van der Waals surface area contributed by atoms with Crippen molar-refractivity contribution in [3.05, 3.63) is 11.1 Å². The molecule has 0 unspecified atom stereocenters. The van der Waals surface area contributed by atoms with Gasteiger partial charge in [-0.2, -0.15) is 0 Å². The van der Waals surface area contributed by atoms with Crippen LogP contribution in [0.4, 0.5) is 5.13 Å². The molecule has 0 saturated heterocycles. The van der Waals surface area contributed by atoms with Gasteiger partial charge in [-0.15, -0.1) is 11.3 Å². The maximum absolute atomic E-state index is 4.42. The molecule has 3 nitrogen and oxygen atoms in total. The van der Waals surface area contributed by atoms with Gasteiger partial charge in [0.1, 0.15) is 0 Å². The Kier molecular flexibility index (Phi) is 3.69. The molecule has 0 saturated carbocycles. The first-order valence-corrected chi connectivity index (χ1v) is 5.34. The number of rotatable bonds is 4. The van der Waals surface area contributed by atoms with E-state index in [-0.39, 0.29) is 0 Å². The van der Waals surface area contributed by atoms with Gasteiger partial charge in [0, 0.05) is 25.0 Å². The molecular formula is C9H17N3S. The average molecular weight is 199 g/mol. The number of anilines is 1. The van der Waals surface area contributed by atoms with Crippen LogP contribution in [-0.2, 0) is 6.54 Å². The molecule has 0 aliphatic heterocycles. The molecule has 1 heterocycles. The van der Waals surface area contributed by atoms with Crippen molar-refractivity contribution in [1.29, 1.82) is 0 Å². The van der Waals surface area contributed by atoms with Gasteiger partial charge in [-0.3, -0.25) is 4.90 Å². The Labute approximate surface area is 83.8 Å². The fourth-order valence-electron chi connectivity index (χ4n) is 0.933. The van der Waals surface area contributed by atoms with Crippen LogP contribution < -0.4 is 5.32 Å². The molecule has 1 aromatic rings. The highest BCUT2D eigenvalue weighted by molar-refractivity contribution is 7.13. The summed E-state index contributed by atoms with van der Waals surface area (Å²) in [5.74, 6) is 0. The van der Waals surface area contributed by atoms with Crippen molar-refractivity contribution in [3.63, 3.8) is 0 Å². The second-order valence-corrected chi connectivity index (χ2v) is 4.26. The Hall–Kier alpha value is -0.610. The lowest BCUT2D eigenvalue weighted by molar-refractivity contribution is 0.263. The fraction of sp³-hybridized carbons (Fsp3) is 0.667. The van der Waals surface area contributed by atoms with E-state index in [1.807, 2.05) is 7.05 Å². The van der Waals surface area contributed by atoms with Gasteiger partial charge >= 0.3 is 0 Å². The standard InChI is InChI=1S/C9H17N3S/c1-7(2)12(4)5-8-6-13-9(10-3)11-8/h6-7H,5H2,1-4H3,(H,10,11). The zero-order valence-electron chi connectivity index (χ0n) is 8.66. The smallest absolute Gasteiger partial charge is 0.182 e. The summed E-state index contributed by atoms with van der Waals surface area (Å²) in [5.41, 5.74) is 1.14. The molecule has 0 aromatic carbocycles. The van der Waals surface area contributed by atoms with E-state index in [2.05, 4.69) is 41.5 Å². The third-order valence-corrected chi connectivity index (χ3v) is 2.97. The van der Waals surface area contributed by atoms with Crippen molar-refractivity contribution in [2.45, 2.75) is 26.4 Å². The largest absolute Gasteiger partial charge is 0.365 e. The number of nitrogens with one attached hydrogen (secondary N) is 1. The number of thiazole rings is 1. The number of hydrogen-bond donors (Lipinski definition) is 1. The topological polar surface area (TPSA) is 28.2 Å². The summed E-state index contributed by atoms with van der Waals surface area (Å²) < 4.78 is 0. The molecule has 1 rings (SSSR count). The Morgan fingerprint density at radius 1 is 1.62 bits per heavy atom. The molecule has 0 spiro atoms. The van der Waals surface area contributed by atoms with Crippen LogP contribution in [0.1, 0.15) is 19.5 Å². The van der Waals surface area contributed by atoms with E-state index in [9.17, 15) is 0 Å². The first-order chi connectivity index (χ1) is 6.13. The predicted molar refractivity (Wildman–Crippen MR) is 58.3 cm³/mol. The van der Waals surface area contributed by atoms with Crippen molar-refractivity contribution in [1.82, 2.24) is 9.88 Å². The summed E-state index contributed by atoms with van der Waals surface area (Å²) in [4.78, 5) is 6.69. The normalized spacial score (nSPS) is 11.2. The van der Waals surface area contributed by atoms with Gasteiger partial charge in [0.25, 0.3) is 0 Å². The molecule has 0 atom stereocenters. The molecule has 0 radical (unpaired) electrons. The summed E-state index contributed by atoms with van der Waals surface area (Å²) in [5, 5.41) is 6.13. The van der Waals surface area contributed by atoms with Crippen molar-refractivity contribution < 1.29 is 0 Å². The van der Waals surface area contributed by atoms with E-state index in [0.717, 1.165) is 17.4 Å². The van der Waals surface area contributed by atoms with E-state index in [1.54, 1.807) is 11.3 Å². The van der Waals surface area contributed by atoms with E-state index >= 15 is 0 Å². The maximum Gasteiger partial charge on any atom is 0.182 e. The molecule has 0 aliphatic rings. The summed E-state index contributed by atoms with van der Waals surface area (Å²) in [7, 11) is 4.01. The summed E-state index contributed by atoms with van der Waals surface area (Å²) in [6.45, 7) is 5.30. The molecular weight excluding hydrogens is 182 g/mol. The molecule has 4 heteroatoms. The zero-order chi connectivity index (χ0) is 9.84. The zero-order valence-corrected chi connectivity index (χ0v) is 9.48. The van der Waals surface area contributed by atoms with Crippen molar-refractivity contribution in [3.8, 4) is 0 Å². The SMILES string of the molecule is CNc1nc(CN(C)C(C)C)cs1. The lowest BCUT2D eigenvalue weighted by Gasteiger charge is -2.19. The quantitative estimate of drug-likeness (QED) is 0.804. The summed E-state index contributed by atoms with van der Waals surface area (Å²) in [6.07, 6.45) is 0. The first kappa shape index (κ1) is 10.5. The summed E-state index contributed by atoms with van der Waals surface area (Å²) in [6, 6.07) is 0.569. The molecule has 1 aromatic heterocycles. The third kappa shape index (κ3) is 2.97. The van der Waals surface area contributed by atoms with Gasteiger partial charge in [0.05, 0.1) is 5.69 Å². The number of hydrogen-bond acceptors (Lipinski definition) is 4. The van der Waals surface area contributed by atoms with E-state index in [4.69, 9.17) is 0 Å². The lowest BCUT2D eigenvalue weighted by Crippen LogP contribution is -2.25. The Bertz CT molecular complexity index is 257. The Morgan fingerprint density at radius 2 is 2.31 bits per heavy atom. The highest BCUT2D eigenvalue weighted by Gasteiger charge is 2.06. The number of aromatic nitrogens is 1. The highest BCUT2D eigenvalue weighted by Crippen LogP contribution is 2.15. The van der Waals surface area contributed by atoms with Crippen LogP contribution in [0.25, 0.3) is 0 Å². The van der Waals surface area contributed by atoms with Crippen molar-refractivity contribution in [2.75, 3.05) is 19.4 Å². The molecule has 0 amide bonds. The van der Waals surface area contributed by atoms with Crippen LogP contribution in [0.15, 0.2) is 5.38 Å². The van der Waals surface area contributed by atoms with Gasteiger partial charge in [-0.25, -0.2) is 4.98 Å². The van der Waals surface area contributed by atoms with Gasteiger partial charge in [0.2, 0.25) is 0 Å². The average Bonchev–Trinajstić information content (AvgIpc) is 2.52. The van der Waals surface area contributed by atoms with Crippen LogP contribution in [0, 0.1) is 0 Å². The van der Waals surface area contributed by atoms with Gasteiger partial charge in [-0.1, -0.05) is 0 Å². The van der Waals surface area contributed by atoms with Crippen LogP contribution in [0.3, 0.4) is 0 Å². The van der Waals surface area contributed by atoms with Crippen LogP contribution >= 0.6 is 11.3 Å². The monoisotopic (exact) mass is 199 g/mol. The second-order valence-electron chi connectivity index (χ2n) is 3.40. The fourth-order valence-corrected chi connectivity index (χ4v) is 1.60. The van der Waals surface area contributed by atoms with Gasteiger partial charge in [-0.05, 0) is 20.9 Å². The highest BCUT2D eigenvalue weighted by atomic mass is 32.1. The van der Waals surface area contributed by atoms with Gasteiger partial charge in [0.15, 0.2) is 5.13 Å². The van der Waals surface area contributed by atoms with E-state index in [0.29, 0.717) is 6.04 Å². The minimum absolute atomic E-state index is 0.569. The Morgan fingerprint density at radius 3 is 2.77 bits per heavy atom. The molecule has 74 valence electrons. The van der Waals surface area contributed by atoms with Crippen molar-refractivity contribution in [2.24, 2.45) is 0 Å². The molecule has 0 fully saturated rings. The maximum atomic E-state index is 4.42. The van der Waals surface area contributed by atoms with Crippen LogP contribution in [0.2, 0.25) is 0 Å². The first-order valence-electron chi connectivity index (χ1n) is 4.46. The lowest BCUT2D eigenvalue weighted by atomic mass is 10.3. The molecule has 0 aliphatic carbocycles. The molecule has 1 N–H and O–H groups in total. The van der Waals surface area contributed by atoms with Crippen LogP contribution in [0.5, 0.6) is 0 Å². The van der Waals surface area contributed by atoms with Crippen molar-refractivity contribution >= 4 is 16.5 Å². The predicted octanol–water partition coefficient (Wildman–Crippen LogP) is 2.03. The van der Waals surface area contributed by atoms with Crippen LogP contribution in [-0.4, -0.2) is 30.0 Å². The van der Waals surface area contributed by atoms with E-state index in [1.165, 1.54) is 0 Å².